The molecule has 0 aliphatic carbocycles. The first-order valence-corrected chi connectivity index (χ1v) is 19.8. The lowest BCUT2D eigenvalue weighted by molar-refractivity contribution is -0.128. The molecule has 0 aliphatic rings. The molecule has 0 fully saturated rings. The number of hydrogen-bond acceptors (Lipinski definition) is 9. The summed E-state index contributed by atoms with van der Waals surface area (Å²) in [6.45, 7) is 5.66. The van der Waals surface area contributed by atoms with Crippen molar-refractivity contribution in [2.45, 2.75) is 71.8 Å². The van der Waals surface area contributed by atoms with Crippen molar-refractivity contribution in [3.63, 3.8) is 0 Å². The van der Waals surface area contributed by atoms with Gasteiger partial charge in [-0.1, -0.05) is 110 Å². The highest BCUT2D eigenvalue weighted by atomic mass is 31.2. The highest BCUT2D eigenvalue weighted by molar-refractivity contribution is 7.48. The molecule has 2 atom stereocenters. The van der Waals surface area contributed by atoms with Crippen LogP contribution in [-0.4, -0.2) is 33.0 Å². The lowest BCUT2D eigenvalue weighted by Crippen LogP contribution is -2.48. The van der Waals surface area contributed by atoms with Gasteiger partial charge in [0.2, 0.25) is 17.7 Å². The van der Waals surface area contributed by atoms with E-state index in [-0.39, 0.29) is 37.2 Å². The van der Waals surface area contributed by atoms with Gasteiger partial charge in [-0.2, -0.15) is 4.98 Å². The van der Waals surface area contributed by atoms with Crippen molar-refractivity contribution in [1.82, 2.24) is 25.8 Å². The molecule has 0 bridgehead atoms. The third-order valence-electron chi connectivity index (χ3n) is 8.88. The Hall–Kier alpha value is -5.55. The van der Waals surface area contributed by atoms with Gasteiger partial charge in [-0.05, 0) is 52.8 Å². The fraction of sp³-hybridized carbons (Fsp3) is 0.286. The van der Waals surface area contributed by atoms with Crippen LogP contribution in [0.15, 0.2) is 120 Å². The third-order valence-corrected chi connectivity index (χ3v) is 10.2. The molecule has 0 aliphatic heterocycles. The Labute approximate surface area is 320 Å². The Morgan fingerprint density at radius 1 is 0.800 bits per heavy atom. The molecule has 0 unspecified atom stereocenters. The van der Waals surface area contributed by atoms with E-state index in [4.69, 9.17) is 18.1 Å². The summed E-state index contributed by atoms with van der Waals surface area (Å²) in [5, 5.41) is 11.1. The van der Waals surface area contributed by atoms with Gasteiger partial charge >= 0.3 is 7.82 Å². The number of phosphoric ester groups is 1. The van der Waals surface area contributed by atoms with E-state index >= 15 is 0 Å². The Kier molecular flexibility index (Phi) is 13.3. The van der Waals surface area contributed by atoms with Gasteiger partial charge in [-0.15, -0.1) is 0 Å². The highest BCUT2D eigenvalue weighted by Gasteiger charge is 2.30. The van der Waals surface area contributed by atoms with Crippen molar-refractivity contribution in [1.29, 1.82) is 0 Å². The number of benzene rings is 4. The minimum atomic E-state index is -4.09. The SMILES string of the molecule is CC(=O)N[C@@H](Cc1ccc(OP(=O)(OCc2ccccc2)OCc2ccccc2)cc1)C(=O)N[C@@H](Cc1c[nH]c2ccccc12)c1nc(CCC(C)C)no1. The summed E-state index contributed by atoms with van der Waals surface area (Å²) in [5.74, 6) is 0.784. The topological polar surface area (TPSA) is 158 Å². The average Bonchev–Trinajstić information content (AvgIpc) is 3.84. The number of aryl methyl sites for hydroxylation is 1. The molecule has 0 radical (unpaired) electrons. The second kappa shape index (κ2) is 18.7. The van der Waals surface area contributed by atoms with Crippen LogP contribution in [0.3, 0.4) is 0 Å². The molecule has 0 saturated carbocycles. The van der Waals surface area contributed by atoms with Crippen molar-refractivity contribution in [2.75, 3.05) is 0 Å². The summed E-state index contributed by atoms with van der Waals surface area (Å²) in [5.41, 5.74) is 4.26. The van der Waals surface area contributed by atoms with Crippen LogP contribution in [0.5, 0.6) is 5.75 Å². The molecule has 12 nitrogen and oxygen atoms in total. The van der Waals surface area contributed by atoms with Gasteiger partial charge in [0.1, 0.15) is 17.8 Å². The minimum Gasteiger partial charge on any atom is -0.404 e. The van der Waals surface area contributed by atoms with Gasteiger partial charge in [-0.25, -0.2) is 4.57 Å². The number of amides is 2. The van der Waals surface area contributed by atoms with Crippen LogP contribution in [0, 0.1) is 5.92 Å². The number of para-hydroxylation sites is 1. The second-order valence-electron chi connectivity index (χ2n) is 13.8. The van der Waals surface area contributed by atoms with Gasteiger partial charge in [0.25, 0.3) is 0 Å². The lowest BCUT2D eigenvalue weighted by atomic mass is 10.0. The molecule has 13 heteroatoms. The van der Waals surface area contributed by atoms with Crippen LogP contribution in [-0.2, 0) is 55.7 Å². The number of aromatic nitrogens is 3. The molecule has 6 aromatic rings. The highest BCUT2D eigenvalue weighted by Crippen LogP contribution is 2.51. The van der Waals surface area contributed by atoms with Crippen LogP contribution in [0.1, 0.15) is 67.2 Å². The van der Waals surface area contributed by atoms with Gasteiger partial charge in [0, 0.05) is 43.3 Å². The molecule has 4 aromatic carbocycles. The molecule has 2 aromatic heterocycles. The number of H-pyrrole nitrogens is 1. The predicted molar refractivity (Wildman–Crippen MR) is 209 cm³/mol. The molecule has 3 N–H and O–H groups in total. The zero-order valence-electron chi connectivity index (χ0n) is 31.1. The van der Waals surface area contributed by atoms with Gasteiger partial charge in [-0.3, -0.25) is 18.6 Å². The molecule has 55 heavy (non-hydrogen) atoms. The van der Waals surface area contributed by atoms with Crippen LogP contribution in [0.2, 0.25) is 0 Å². The largest absolute Gasteiger partial charge is 0.530 e. The number of fused-ring (bicyclic) bond motifs is 1. The number of hydrogen-bond donors (Lipinski definition) is 3. The average molecular weight is 764 g/mol. The number of aromatic amines is 1. The zero-order valence-corrected chi connectivity index (χ0v) is 32.0. The fourth-order valence-corrected chi connectivity index (χ4v) is 7.15. The van der Waals surface area contributed by atoms with Gasteiger partial charge in [0.05, 0.1) is 13.2 Å². The van der Waals surface area contributed by atoms with Gasteiger partial charge in [0.15, 0.2) is 5.82 Å². The lowest BCUT2D eigenvalue weighted by Gasteiger charge is -2.22. The fourth-order valence-electron chi connectivity index (χ4n) is 5.97. The summed E-state index contributed by atoms with van der Waals surface area (Å²) >= 11 is 0. The molecular formula is C42H46N5O7P. The van der Waals surface area contributed by atoms with E-state index in [1.165, 1.54) is 6.92 Å². The Balaban J connectivity index is 1.17. The monoisotopic (exact) mass is 763 g/mol. The second-order valence-corrected chi connectivity index (χ2v) is 15.4. The summed E-state index contributed by atoms with van der Waals surface area (Å²) in [6, 6.07) is 31.7. The van der Waals surface area contributed by atoms with E-state index < -0.39 is 25.8 Å². The van der Waals surface area contributed by atoms with Crippen molar-refractivity contribution in [3.05, 3.63) is 149 Å². The molecule has 0 spiro atoms. The van der Waals surface area contributed by atoms with Crippen LogP contribution in [0.4, 0.5) is 0 Å². The molecule has 6 rings (SSSR count). The molecular weight excluding hydrogens is 717 g/mol. The summed E-state index contributed by atoms with van der Waals surface area (Å²) in [6.07, 6.45) is 3.98. The number of carbonyl (C=O) groups excluding carboxylic acids is 2. The zero-order chi connectivity index (χ0) is 38.6. The normalized spacial score (nSPS) is 12.7. The van der Waals surface area contributed by atoms with Crippen LogP contribution in [0.25, 0.3) is 10.9 Å². The Morgan fingerprint density at radius 2 is 1.44 bits per heavy atom. The Bertz CT molecular complexity index is 2140. The van der Waals surface area contributed by atoms with Crippen molar-refractivity contribution >= 4 is 30.5 Å². The third kappa shape index (κ3) is 11.5. The van der Waals surface area contributed by atoms with Gasteiger partial charge < -0.3 is 24.7 Å². The molecule has 0 saturated heterocycles. The summed E-state index contributed by atoms with van der Waals surface area (Å²) in [4.78, 5) is 34.3. The van der Waals surface area contributed by atoms with E-state index in [1.54, 1.807) is 24.3 Å². The number of phosphoric acid groups is 1. The van der Waals surface area contributed by atoms with E-state index in [1.807, 2.05) is 91.1 Å². The number of rotatable bonds is 19. The minimum absolute atomic E-state index is 0.0165. The van der Waals surface area contributed by atoms with Crippen LogP contribution >= 0.6 is 7.82 Å². The van der Waals surface area contributed by atoms with E-state index in [9.17, 15) is 14.2 Å². The number of nitrogens with zero attached hydrogens (tertiary/aromatic N) is 2. The maximum absolute atomic E-state index is 14.0. The standard InChI is InChI=1S/C42H46N5O7P/c1-29(2)18-23-40-46-42(53-47-40)39(25-34-26-43-37-17-11-10-16-36(34)37)45-41(49)38(44-30(3)48)24-31-19-21-35(22-20-31)54-55(50,51-27-32-12-6-4-7-13-32)52-28-33-14-8-5-9-15-33/h4-17,19-22,26,29,38-39,43H,18,23-25,27-28H2,1-3H3,(H,44,48)(H,45,49)/t38-,39-/m0/s1. The number of nitrogens with one attached hydrogen (secondary N) is 3. The maximum Gasteiger partial charge on any atom is 0.530 e. The molecule has 286 valence electrons. The van der Waals surface area contributed by atoms with Crippen molar-refractivity contribution < 1.29 is 32.2 Å². The quantitative estimate of drug-likeness (QED) is 0.0692. The van der Waals surface area contributed by atoms with Crippen molar-refractivity contribution in [3.8, 4) is 5.75 Å². The van der Waals surface area contributed by atoms with Crippen molar-refractivity contribution in [2.24, 2.45) is 5.92 Å². The number of carbonyl (C=O) groups is 2. The van der Waals surface area contributed by atoms with E-state index in [2.05, 4.69) is 39.6 Å². The first-order valence-electron chi connectivity index (χ1n) is 18.3. The first-order chi connectivity index (χ1) is 26.6. The predicted octanol–water partition coefficient (Wildman–Crippen LogP) is 8.21. The molecule has 2 heterocycles. The smallest absolute Gasteiger partial charge is 0.404 e. The van der Waals surface area contributed by atoms with E-state index in [0.29, 0.717) is 30.1 Å². The Morgan fingerprint density at radius 3 is 2.07 bits per heavy atom. The first kappa shape index (κ1) is 39.2. The summed E-state index contributed by atoms with van der Waals surface area (Å²) < 4.78 is 37.0. The van der Waals surface area contributed by atoms with Crippen LogP contribution < -0.4 is 15.2 Å². The maximum atomic E-state index is 14.0. The van der Waals surface area contributed by atoms with E-state index in [0.717, 1.165) is 34.0 Å². The summed E-state index contributed by atoms with van der Waals surface area (Å²) in [7, 11) is -4.09. The molecule has 2 amide bonds.